The molecule has 0 aromatic heterocycles. The van der Waals surface area contributed by atoms with E-state index in [4.69, 9.17) is 10.8 Å². The van der Waals surface area contributed by atoms with Crippen LogP contribution < -0.4 is 16.4 Å². The van der Waals surface area contributed by atoms with Gasteiger partial charge in [-0.2, -0.15) is 12.6 Å². The molecule has 0 heterocycles. The Morgan fingerprint density at radius 3 is 2.19 bits per heavy atom. The number of carbonyl (C=O) groups is 3. The van der Waals surface area contributed by atoms with E-state index in [-0.39, 0.29) is 24.8 Å². The highest BCUT2D eigenvalue weighted by Crippen LogP contribution is 1.96. The zero-order chi connectivity index (χ0) is 17.3. The number of amides is 2. The molecule has 0 saturated carbocycles. The Balaban J connectivity index is -0.000000389. The van der Waals surface area contributed by atoms with Crippen LogP contribution in [0.2, 0.25) is 0 Å². The third kappa shape index (κ3) is 21.2. The van der Waals surface area contributed by atoms with Gasteiger partial charge in [0.2, 0.25) is 12.3 Å². The molecule has 8 heteroatoms. The lowest BCUT2D eigenvalue weighted by atomic mass is 10.1. The fraction of sp³-hybridized carbons (Fsp3) is 0.769. The number of hydrogen-bond acceptors (Lipinski definition) is 5. The fourth-order valence-electron chi connectivity index (χ4n) is 0.886. The summed E-state index contributed by atoms with van der Waals surface area (Å²) in [6.07, 6.45) is 0.964. The summed E-state index contributed by atoms with van der Waals surface area (Å²) >= 11 is 4.00. The Labute approximate surface area is 132 Å². The molecule has 0 rings (SSSR count). The number of carboxylic acid groups (broad SMARTS) is 1. The van der Waals surface area contributed by atoms with E-state index in [0.717, 1.165) is 6.54 Å². The van der Waals surface area contributed by atoms with Crippen molar-refractivity contribution in [2.75, 3.05) is 12.3 Å². The third-order valence-corrected chi connectivity index (χ3v) is 2.52. The normalized spacial score (nSPS) is 11.5. The van der Waals surface area contributed by atoms with Crippen LogP contribution >= 0.6 is 12.6 Å². The molecule has 21 heavy (non-hydrogen) atoms. The van der Waals surface area contributed by atoms with Gasteiger partial charge in [0.15, 0.2) is 0 Å². The maximum Gasteiger partial charge on any atom is 0.320 e. The number of carbonyl (C=O) groups excluding carboxylic acids is 2. The van der Waals surface area contributed by atoms with Crippen molar-refractivity contribution in [2.24, 2.45) is 5.73 Å². The average Bonchev–Trinajstić information content (AvgIpc) is 2.48. The summed E-state index contributed by atoms with van der Waals surface area (Å²) in [4.78, 5) is 30.8. The maximum absolute atomic E-state index is 11.1. The Hall–Kier alpha value is -1.28. The largest absolute Gasteiger partial charge is 0.480 e. The summed E-state index contributed by atoms with van der Waals surface area (Å²) in [5, 5.41) is 13.5. The van der Waals surface area contributed by atoms with Gasteiger partial charge in [0.1, 0.15) is 6.04 Å². The third-order valence-electron chi connectivity index (χ3n) is 1.97. The van der Waals surface area contributed by atoms with Crippen LogP contribution in [0, 0.1) is 0 Å². The first-order valence-corrected chi connectivity index (χ1v) is 7.57. The quantitative estimate of drug-likeness (QED) is 0.327. The van der Waals surface area contributed by atoms with Gasteiger partial charge >= 0.3 is 5.97 Å². The van der Waals surface area contributed by atoms with Crippen LogP contribution in [0.1, 0.15) is 40.5 Å². The van der Waals surface area contributed by atoms with Crippen LogP contribution in [0.3, 0.4) is 0 Å². The Morgan fingerprint density at radius 2 is 1.90 bits per heavy atom. The van der Waals surface area contributed by atoms with Crippen LogP contribution in [0.15, 0.2) is 0 Å². The van der Waals surface area contributed by atoms with Crippen LogP contribution in [0.5, 0.6) is 0 Å². The van der Waals surface area contributed by atoms with E-state index in [1.54, 1.807) is 0 Å². The average molecular weight is 323 g/mol. The summed E-state index contributed by atoms with van der Waals surface area (Å²) in [6, 6.07) is -0.973. The molecular formula is C13H29N3O4S. The van der Waals surface area contributed by atoms with Crippen molar-refractivity contribution in [3.05, 3.63) is 0 Å². The number of carboxylic acids is 1. The monoisotopic (exact) mass is 323 g/mol. The molecule has 0 aromatic carbocycles. The predicted molar refractivity (Wildman–Crippen MR) is 87.4 cm³/mol. The van der Waals surface area contributed by atoms with Crippen LogP contribution in [0.25, 0.3) is 0 Å². The second kappa shape index (κ2) is 18.7. The van der Waals surface area contributed by atoms with Crippen LogP contribution in [-0.4, -0.2) is 47.8 Å². The highest BCUT2D eigenvalue weighted by atomic mass is 32.1. The van der Waals surface area contributed by atoms with E-state index in [1.165, 1.54) is 0 Å². The smallest absolute Gasteiger partial charge is 0.320 e. The number of thiol groups is 1. The molecule has 2 atom stereocenters. The second-order valence-electron chi connectivity index (χ2n) is 3.81. The first-order chi connectivity index (χ1) is 9.88. The van der Waals surface area contributed by atoms with Gasteiger partial charge < -0.3 is 21.5 Å². The number of aliphatic carboxylic acids is 1. The standard InChI is InChI=1S/C8H16N2O3S.C3H7NO.C2H6/c1-5(4-14)10-7(11)3-2-6(9)8(12)13;1-2-4-3-5;1-2/h5-6,14H,2-4,9H2,1H3,(H,10,11)(H,12,13);3H,2H2,1H3,(H,4,5);1-2H3. The van der Waals surface area contributed by atoms with Crippen molar-refractivity contribution in [1.82, 2.24) is 10.6 Å². The van der Waals surface area contributed by atoms with Gasteiger partial charge in [-0.25, -0.2) is 0 Å². The van der Waals surface area contributed by atoms with Gasteiger partial charge in [0.05, 0.1) is 0 Å². The highest BCUT2D eigenvalue weighted by molar-refractivity contribution is 7.80. The van der Waals surface area contributed by atoms with Gasteiger partial charge in [-0.05, 0) is 20.3 Å². The van der Waals surface area contributed by atoms with E-state index in [9.17, 15) is 14.4 Å². The highest BCUT2D eigenvalue weighted by Gasteiger charge is 2.13. The molecule has 0 fully saturated rings. The maximum atomic E-state index is 11.1. The van der Waals surface area contributed by atoms with Crippen molar-refractivity contribution in [2.45, 2.75) is 52.6 Å². The number of nitrogens with one attached hydrogen (secondary N) is 2. The Kier molecular flexibility index (Phi) is 22.0. The lowest BCUT2D eigenvalue weighted by Gasteiger charge is -2.11. The summed E-state index contributed by atoms with van der Waals surface area (Å²) in [6.45, 7) is 8.42. The minimum atomic E-state index is -1.08. The lowest BCUT2D eigenvalue weighted by Crippen LogP contribution is -2.36. The van der Waals surface area contributed by atoms with Gasteiger partial charge in [0, 0.05) is 24.8 Å². The van der Waals surface area contributed by atoms with Crippen LogP contribution in [0.4, 0.5) is 0 Å². The Morgan fingerprint density at radius 1 is 1.38 bits per heavy atom. The van der Waals surface area contributed by atoms with E-state index >= 15 is 0 Å². The number of hydrogen-bond donors (Lipinski definition) is 5. The first-order valence-electron chi connectivity index (χ1n) is 6.94. The molecule has 126 valence electrons. The first kappa shape index (κ1) is 24.7. The van der Waals surface area contributed by atoms with Crippen molar-refractivity contribution < 1.29 is 19.5 Å². The van der Waals surface area contributed by atoms with Crippen molar-refractivity contribution >= 4 is 30.9 Å². The van der Waals surface area contributed by atoms with E-state index in [0.29, 0.717) is 12.2 Å². The SMILES string of the molecule is CC.CC(CS)NC(=O)CCC(N)C(=O)O.CCNC=O. The summed E-state index contributed by atoms with van der Waals surface area (Å²) < 4.78 is 0. The molecule has 0 radical (unpaired) electrons. The number of rotatable bonds is 8. The zero-order valence-electron chi connectivity index (χ0n) is 13.3. The summed E-state index contributed by atoms with van der Waals surface area (Å²) in [5.41, 5.74) is 5.23. The molecule has 0 bridgehead atoms. The molecule has 0 aromatic rings. The summed E-state index contributed by atoms with van der Waals surface area (Å²) in [5.74, 6) is -0.722. The number of nitrogens with two attached hydrogens (primary N) is 1. The van der Waals surface area contributed by atoms with Gasteiger partial charge in [-0.15, -0.1) is 0 Å². The predicted octanol–water partition coefficient (Wildman–Crippen LogP) is 0.392. The fourth-order valence-corrected chi connectivity index (χ4v) is 0.977. The van der Waals surface area contributed by atoms with E-state index in [2.05, 4.69) is 23.3 Å². The van der Waals surface area contributed by atoms with Crippen molar-refractivity contribution in [1.29, 1.82) is 0 Å². The van der Waals surface area contributed by atoms with Gasteiger partial charge in [-0.3, -0.25) is 14.4 Å². The second-order valence-corrected chi connectivity index (χ2v) is 4.18. The summed E-state index contributed by atoms with van der Waals surface area (Å²) in [7, 11) is 0. The van der Waals surface area contributed by atoms with Gasteiger partial charge in [-0.1, -0.05) is 13.8 Å². The zero-order valence-corrected chi connectivity index (χ0v) is 14.2. The van der Waals surface area contributed by atoms with Crippen molar-refractivity contribution in [3.8, 4) is 0 Å². The molecule has 5 N–H and O–H groups in total. The lowest BCUT2D eigenvalue weighted by molar-refractivity contribution is -0.138. The van der Waals surface area contributed by atoms with Gasteiger partial charge in [0.25, 0.3) is 0 Å². The van der Waals surface area contributed by atoms with Crippen LogP contribution in [-0.2, 0) is 14.4 Å². The molecule has 0 saturated heterocycles. The molecule has 2 unspecified atom stereocenters. The van der Waals surface area contributed by atoms with E-state index < -0.39 is 12.0 Å². The molecule has 2 amide bonds. The molecule has 0 spiro atoms. The van der Waals surface area contributed by atoms with E-state index in [1.807, 2.05) is 27.7 Å². The molecule has 0 aliphatic rings. The minimum absolute atomic E-state index is 0.00751. The Bertz CT molecular complexity index is 278. The molecule has 0 aliphatic carbocycles. The molecule has 7 nitrogen and oxygen atoms in total. The minimum Gasteiger partial charge on any atom is -0.480 e. The topological polar surface area (TPSA) is 122 Å². The van der Waals surface area contributed by atoms with Crippen molar-refractivity contribution in [3.63, 3.8) is 0 Å². The molecule has 0 aliphatic heterocycles. The molecular weight excluding hydrogens is 294 g/mol.